The van der Waals surface area contributed by atoms with E-state index in [1.54, 1.807) is 7.11 Å². The van der Waals surface area contributed by atoms with E-state index in [0.717, 1.165) is 31.6 Å². The summed E-state index contributed by atoms with van der Waals surface area (Å²) in [6, 6.07) is 6.40. The first-order valence-corrected chi connectivity index (χ1v) is 5.73. The zero-order chi connectivity index (χ0) is 11.0. The molecule has 0 saturated heterocycles. The van der Waals surface area contributed by atoms with Gasteiger partial charge in [0.25, 0.3) is 0 Å². The zero-order valence-electron chi connectivity index (χ0n) is 9.49. The molecule has 1 N–H and O–H groups in total. The lowest BCUT2D eigenvalue weighted by molar-refractivity contribution is 0.361. The van der Waals surface area contributed by atoms with E-state index < -0.39 is 0 Å². The Hall–Kier alpha value is -1.51. The number of rotatable bonds is 1. The third-order valence-corrected chi connectivity index (χ3v) is 3.67. The van der Waals surface area contributed by atoms with Crippen molar-refractivity contribution in [3.05, 3.63) is 29.3 Å². The van der Waals surface area contributed by atoms with Crippen LogP contribution < -0.4 is 10.1 Å². The number of nitrogens with zero attached hydrogens (tertiary/aromatic N) is 1. The number of ether oxygens (including phenoxy) is 1. The highest BCUT2D eigenvalue weighted by molar-refractivity contribution is 5.59. The Morgan fingerprint density at radius 2 is 2.31 bits per heavy atom. The number of aliphatic imine (C=N–C) groups is 1. The molecule has 0 saturated carbocycles. The van der Waals surface area contributed by atoms with E-state index in [2.05, 4.69) is 22.4 Å². The highest BCUT2D eigenvalue weighted by Crippen LogP contribution is 2.32. The molecule has 1 spiro atoms. The third kappa shape index (κ3) is 1.47. The predicted molar refractivity (Wildman–Crippen MR) is 64.2 cm³/mol. The fraction of sp³-hybridized carbons (Fsp3) is 0.462. The molecule has 1 aromatic carbocycles. The van der Waals surface area contributed by atoms with E-state index in [9.17, 15) is 0 Å². The molecule has 3 rings (SSSR count). The smallest absolute Gasteiger partial charge is 0.119 e. The molecule has 1 aromatic rings. The molecule has 84 valence electrons. The largest absolute Gasteiger partial charge is 0.497 e. The van der Waals surface area contributed by atoms with Gasteiger partial charge >= 0.3 is 0 Å². The summed E-state index contributed by atoms with van der Waals surface area (Å²) in [5.41, 5.74) is 3.06. The Bertz CT molecular complexity index is 432. The molecular formula is C13H16N2O. The van der Waals surface area contributed by atoms with Gasteiger partial charge in [-0.15, -0.1) is 0 Å². The Balaban J connectivity index is 1.89. The molecule has 1 aliphatic heterocycles. The van der Waals surface area contributed by atoms with Crippen LogP contribution in [0, 0.1) is 0 Å². The van der Waals surface area contributed by atoms with Crippen LogP contribution in [0.15, 0.2) is 23.2 Å². The highest BCUT2D eigenvalue weighted by Gasteiger charge is 2.35. The maximum atomic E-state index is 5.26. The third-order valence-electron chi connectivity index (χ3n) is 3.67. The Labute approximate surface area is 95.5 Å². The summed E-state index contributed by atoms with van der Waals surface area (Å²) < 4.78 is 5.26. The number of hydrogen-bond donors (Lipinski definition) is 1. The zero-order valence-corrected chi connectivity index (χ0v) is 9.49. The molecule has 1 atom stereocenters. The minimum absolute atomic E-state index is 0.196. The molecule has 1 unspecified atom stereocenters. The summed E-state index contributed by atoms with van der Waals surface area (Å²) in [7, 11) is 1.72. The minimum atomic E-state index is 0.196. The van der Waals surface area contributed by atoms with Crippen molar-refractivity contribution >= 4 is 6.34 Å². The molecule has 3 nitrogen and oxygen atoms in total. The van der Waals surface area contributed by atoms with Gasteiger partial charge in [-0.3, -0.25) is 4.99 Å². The van der Waals surface area contributed by atoms with Gasteiger partial charge in [0.2, 0.25) is 0 Å². The second-order valence-corrected chi connectivity index (χ2v) is 4.71. The maximum absolute atomic E-state index is 5.26. The van der Waals surface area contributed by atoms with Crippen LogP contribution in [0.4, 0.5) is 0 Å². The van der Waals surface area contributed by atoms with Gasteiger partial charge in [0, 0.05) is 0 Å². The fourth-order valence-corrected chi connectivity index (χ4v) is 2.67. The van der Waals surface area contributed by atoms with Crippen molar-refractivity contribution in [1.29, 1.82) is 0 Å². The van der Waals surface area contributed by atoms with Crippen molar-refractivity contribution in [2.45, 2.75) is 24.8 Å². The lowest BCUT2D eigenvalue weighted by Gasteiger charge is -2.34. The van der Waals surface area contributed by atoms with Crippen molar-refractivity contribution in [3.63, 3.8) is 0 Å². The van der Waals surface area contributed by atoms with Crippen molar-refractivity contribution in [1.82, 2.24) is 5.32 Å². The number of hydrogen-bond acceptors (Lipinski definition) is 3. The second kappa shape index (κ2) is 3.51. The number of benzene rings is 1. The maximum Gasteiger partial charge on any atom is 0.119 e. The van der Waals surface area contributed by atoms with Gasteiger partial charge in [0.05, 0.1) is 25.5 Å². The lowest BCUT2D eigenvalue weighted by Crippen LogP contribution is -2.47. The number of aryl methyl sites for hydroxylation is 1. The number of methoxy groups -OCH3 is 1. The van der Waals surface area contributed by atoms with Crippen LogP contribution in [-0.4, -0.2) is 25.5 Å². The van der Waals surface area contributed by atoms with Gasteiger partial charge in [-0.1, -0.05) is 6.07 Å². The molecule has 16 heavy (non-hydrogen) atoms. The molecule has 0 aromatic heterocycles. The van der Waals surface area contributed by atoms with E-state index in [-0.39, 0.29) is 5.54 Å². The summed E-state index contributed by atoms with van der Waals surface area (Å²) >= 11 is 0. The van der Waals surface area contributed by atoms with Crippen molar-refractivity contribution in [2.75, 3.05) is 13.7 Å². The summed E-state index contributed by atoms with van der Waals surface area (Å²) in [6.07, 6.45) is 5.21. The molecule has 3 heteroatoms. The van der Waals surface area contributed by atoms with Crippen LogP contribution in [0.25, 0.3) is 0 Å². The lowest BCUT2D eigenvalue weighted by atomic mass is 9.78. The minimum Gasteiger partial charge on any atom is -0.497 e. The molecule has 0 radical (unpaired) electrons. The second-order valence-electron chi connectivity index (χ2n) is 4.71. The van der Waals surface area contributed by atoms with Gasteiger partial charge < -0.3 is 10.1 Å². The van der Waals surface area contributed by atoms with Gasteiger partial charge in [-0.2, -0.15) is 0 Å². The first kappa shape index (κ1) is 9.70. The van der Waals surface area contributed by atoms with Crippen LogP contribution >= 0.6 is 0 Å². The molecular weight excluding hydrogens is 200 g/mol. The van der Waals surface area contributed by atoms with Crippen molar-refractivity contribution in [2.24, 2.45) is 4.99 Å². The van der Waals surface area contributed by atoms with Gasteiger partial charge in [-0.05, 0) is 42.5 Å². The van der Waals surface area contributed by atoms with Gasteiger partial charge in [0.15, 0.2) is 0 Å². The van der Waals surface area contributed by atoms with E-state index in [4.69, 9.17) is 4.74 Å². The van der Waals surface area contributed by atoms with E-state index >= 15 is 0 Å². The average molecular weight is 216 g/mol. The van der Waals surface area contributed by atoms with Crippen LogP contribution in [0.3, 0.4) is 0 Å². The van der Waals surface area contributed by atoms with Crippen LogP contribution in [0.1, 0.15) is 17.5 Å². The monoisotopic (exact) mass is 216 g/mol. The molecule has 1 heterocycles. The topological polar surface area (TPSA) is 33.6 Å². The standard InChI is InChI=1S/C13H16N2O/c1-16-12-3-2-11-7-13(8-14-9-15-13)5-4-10(11)6-12/h2-3,6,9H,4-5,7-8H2,1H3,(H,14,15). The molecule has 1 aliphatic carbocycles. The van der Waals surface area contributed by atoms with E-state index in [1.807, 2.05) is 12.4 Å². The van der Waals surface area contributed by atoms with Crippen LogP contribution in [0.5, 0.6) is 5.75 Å². The normalized spacial score (nSPS) is 26.6. The summed E-state index contributed by atoms with van der Waals surface area (Å²) in [6.45, 7) is 0.915. The van der Waals surface area contributed by atoms with Crippen LogP contribution in [0.2, 0.25) is 0 Å². The Morgan fingerprint density at radius 1 is 1.38 bits per heavy atom. The summed E-state index contributed by atoms with van der Waals surface area (Å²) in [5, 5.41) is 3.42. The number of fused-ring (bicyclic) bond motifs is 1. The van der Waals surface area contributed by atoms with Gasteiger partial charge in [0.1, 0.15) is 5.75 Å². The highest BCUT2D eigenvalue weighted by atomic mass is 16.5. The molecule has 0 amide bonds. The van der Waals surface area contributed by atoms with E-state index in [1.165, 1.54) is 11.1 Å². The Morgan fingerprint density at radius 3 is 3.06 bits per heavy atom. The first-order valence-electron chi connectivity index (χ1n) is 5.73. The van der Waals surface area contributed by atoms with Crippen molar-refractivity contribution in [3.8, 4) is 5.75 Å². The summed E-state index contributed by atoms with van der Waals surface area (Å²) in [5.74, 6) is 0.963. The van der Waals surface area contributed by atoms with Crippen molar-refractivity contribution < 1.29 is 4.74 Å². The molecule has 2 aliphatic rings. The average Bonchev–Trinajstić information content (AvgIpc) is 2.77. The van der Waals surface area contributed by atoms with Crippen LogP contribution in [-0.2, 0) is 12.8 Å². The van der Waals surface area contributed by atoms with Gasteiger partial charge in [-0.25, -0.2) is 0 Å². The fourth-order valence-electron chi connectivity index (χ4n) is 2.67. The number of nitrogens with one attached hydrogen (secondary N) is 1. The quantitative estimate of drug-likeness (QED) is 0.772. The summed E-state index contributed by atoms with van der Waals surface area (Å²) in [4.78, 5) is 4.31. The molecule has 0 bridgehead atoms. The van der Waals surface area contributed by atoms with E-state index in [0.29, 0.717) is 0 Å². The predicted octanol–water partition coefficient (Wildman–Crippen LogP) is 1.55. The Kier molecular flexibility index (Phi) is 2.13. The SMILES string of the molecule is COc1ccc2c(c1)CCC1(CN=CN1)C2. The first-order chi connectivity index (χ1) is 7.81. The molecule has 0 fully saturated rings.